The molecule has 0 aliphatic heterocycles. The second kappa shape index (κ2) is 28.3. The molecule has 0 heterocycles. The fourth-order valence-electron chi connectivity index (χ4n) is 3.05. The van der Waals surface area contributed by atoms with Gasteiger partial charge in [0, 0.05) is 0 Å². The number of halogens is 2. The molecule has 0 aromatic carbocycles. The summed E-state index contributed by atoms with van der Waals surface area (Å²) in [6.07, 6.45) is 26.4. The molecule has 0 fully saturated rings. The Bertz CT molecular complexity index is 159. The Labute approximate surface area is 177 Å². The molecule has 0 saturated carbocycles. The third-order valence-electron chi connectivity index (χ3n) is 4.56. The molecule has 0 aromatic rings. The predicted molar refractivity (Wildman–Crippen MR) is 120 cm³/mol. The Morgan fingerprint density at radius 3 is 0.826 bits per heavy atom. The van der Waals surface area contributed by atoms with Crippen LogP contribution in [0.4, 0.5) is 0 Å². The fourth-order valence-corrected chi connectivity index (χ4v) is 3.33. The van der Waals surface area contributed by atoms with Crippen LogP contribution in [0.1, 0.15) is 122 Å². The van der Waals surface area contributed by atoms with E-state index < -0.39 is 0 Å². The van der Waals surface area contributed by atoms with Gasteiger partial charge >= 0.3 is 0 Å². The topological polar surface area (TPSA) is 0 Å². The first-order valence-electron chi connectivity index (χ1n) is 10.1. The van der Waals surface area contributed by atoms with Crippen molar-refractivity contribution >= 4 is 50.3 Å². The van der Waals surface area contributed by atoms with Gasteiger partial charge in [0.25, 0.3) is 0 Å². The van der Waals surface area contributed by atoms with Crippen LogP contribution in [0.3, 0.4) is 0 Å². The van der Waals surface area contributed by atoms with Crippen LogP contribution in [-0.2, 0) is 0 Å². The van der Waals surface area contributed by atoms with E-state index in [1.54, 1.807) is 0 Å². The van der Waals surface area contributed by atoms with E-state index in [1.165, 1.54) is 121 Å². The van der Waals surface area contributed by atoms with Crippen molar-refractivity contribution in [3.8, 4) is 0 Å². The third-order valence-corrected chi connectivity index (χ3v) is 4.97. The Balaban J connectivity index is -0.00000200. The molecular formula is C20H43AlBr2. The average molecular weight is 470 g/mol. The van der Waals surface area contributed by atoms with E-state index in [0.717, 1.165) is 0 Å². The first-order chi connectivity index (χ1) is 10.4. The van der Waals surface area contributed by atoms with Gasteiger partial charge in [0.05, 0.1) is 0 Å². The van der Waals surface area contributed by atoms with E-state index in [4.69, 9.17) is 0 Å². The van der Waals surface area contributed by atoms with Gasteiger partial charge in [-0.2, -0.15) is 0 Å². The number of unbranched alkanes of at least 4 members (excludes halogenated alkanes) is 17. The summed E-state index contributed by atoms with van der Waals surface area (Å²) >= 11 is 2.83. The van der Waals surface area contributed by atoms with Crippen LogP contribution in [0.5, 0.6) is 0 Å². The Kier molecular flexibility index (Phi) is 36.0. The van der Waals surface area contributed by atoms with Crippen molar-refractivity contribution in [2.75, 3.05) is 0 Å². The molecule has 140 valence electrons. The molecule has 0 nitrogen and oxygen atoms in total. The van der Waals surface area contributed by atoms with Gasteiger partial charge in [0.15, 0.2) is 0 Å². The predicted octanol–water partition coefficient (Wildman–Crippen LogP) is 8.77. The van der Waals surface area contributed by atoms with Crippen molar-refractivity contribution < 1.29 is 0 Å². The molecule has 0 rings (SSSR count). The summed E-state index contributed by atoms with van der Waals surface area (Å²) in [5.41, 5.74) is 0. The molecule has 0 saturated heterocycles. The smallest absolute Gasteiger partial charge is 0.118 e. The Morgan fingerprint density at radius 1 is 0.391 bits per heavy atom. The van der Waals surface area contributed by atoms with E-state index in [1.807, 2.05) is 0 Å². The quantitative estimate of drug-likeness (QED) is 0.139. The molecule has 2 radical (unpaired) electrons. The van der Waals surface area contributed by atoms with Gasteiger partial charge in [-0.15, -0.1) is 39.2 Å². The van der Waals surface area contributed by atoms with E-state index in [0.29, 0.717) is 0 Å². The van der Waals surface area contributed by atoms with Crippen LogP contribution < -0.4 is 0 Å². The molecular weight excluding hydrogens is 427 g/mol. The number of hydrogen-bond acceptors (Lipinski definition) is 0. The van der Waals surface area contributed by atoms with Gasteiger partial charge in [-0.1, -0.05) is 122 Å². The molecule has 0 spiro atoms. The van der Waals surface area contributed by atoms with Crippen LogP contribution in [0, 0.1) is 0 Å². The Hall–Kier alpha value is 1.49. The van der Waals surface area contributed by atoms with Gasteiger partial charge < -0.3 is 0 Å². The molecule has 0 bridgehead atoms. The zero-order valence-corrected chi connectivity index (χ0v) is 20.4. The van der Waals surface area contributed by atoms with Crippen LogP contribution in [-0.4, -0.2) is 16.3 Å². The first kappa shape index (κ1) is 29.3. The molecule has 0 aromatic heterocycles. The van der Waals surface area contributed by atoms with Crippen molar-refractivity contribution in [2.24, 2.45) is 0 Å². The van der Waals surface area contributed by atoms with Crippen LogP contribution in [0.2, 0.25) is 5.28 Å². The molecule has 0 atom stereocenters. The number of hydrogen-bond donors (Lipinski definition) is 0. The van der Waals surface area contributed by atoms with Crippen molar-refractivity contribution in [2.45, 2.75) is 128 Å². The van der Waals surface area contributed by atoms with Crippen LogP contribution in [0.15, 0.2) is 0 Å². The van der Waals surface area contributed by atoms with Crippen LogP contribution >= 0.6 is 34.0 Å². The molecule has 0 unspecified atom stereocenters. The molecule has 0 N–H and O–H groups in total. The lowest BCUT2D eigenvalue weighted by atomic mass is 10.0. The zero-order chi connectivity index (χ0) is 15.4. The second-order valence-electron chi connectivity index (χ2n) is 6.80. The molecule has 0 amide bonds. The maximum Gasteiger partial charge on any atom is 0.118 e. The standard InChI is InChI=1S/C20H41.Al.2BrH/c1-3-5-7-9-11-13-15-17-19-20-18-16-14-12-10-8-6-4-2;;;/h1,3-20H2,2H3;;2*1H. The molecule has 3 heteroatoms. The van der Waals surface area contributed by atoms with Gasteiger partial charge in [0.2, 0.25) is 0 Å². The SMILES string of the molecule is Br.Br.CCCCCCCCCCCCCCCCCCC[CH2][Al]. The first-order valence-corrected chi connectivity index (χ1v) is 10.9. The maximum atomic E-state index is 2.83. The molecule has 0 aliphatic rings. The highest BCUT2D eigenvalue weighted by Crippen LogP contribution is 2.14. The molecule has 23 heavy (non-hydrogen) atoms. The van der Waals surface area contributed by atoms with Gasteiger partial charge in [-0.3, -0.25) is 0 Å². The second-order valence-corrected chi connectivity index (χ2v) is 7.38. The minimum atomic E-state index is 0. The highest BCUT2D eigenvalue weighted by molar-refractivity contribution is 8.93. The van der Waals surface area contributed by atoms with Crippen molar-refractivity contribution in [1.29, 1.82) is 0 Å². The monoisotopic (exact) mass is 468 g/mol. The van der Waals surface area contributed by atoms with Gasteiger partial charge in [-0.25, -0.2) is 0 Å². The lowest BCUT2D eigenvalue weighted by Crippen LogP contribution is -1.84. The van der Waals surface area contributed by atoms with E-state index in [9.17, 15) is 0 Å². The number of rotatable bonds is 18. The highest BCUT2D eigenvalue weighted by Gasteiger charge is 1.94. The van der Waals surface area contributed by atoms with Crippen molar-refractivity contribution in [3.05, 3.63) is 0 Å². The normalized spacial score (nSPS) is 10.1. The minimum absolute atomic E-state index is 0. The third kappa shape index (κ3) is 28.6. The van der Waals surface area contributed by atoms with E-state index >= 15 is 0 Å². The Morgan fingerprint density at radius 2 is 0.609 bits per heavy atom. The van der Waals surface area contributed by atoms with Crippen LogP contribution in [0.25, 0.3) is 0 Å². The summed E-state index contributed by atoms with van der Waals surface area (Å²) in [6.45, 7) is 2.30. The van der Waals surface area contributed by atoms with Gasteiger partial charge in [-0.05, 0) is 0 Å². The lowest BCUT2D eigenvalue weighted by Gasteiger charge is -2.03. The summed E-state index contributed by atoms with van der Waals surface area (Å²) in [5, 5.41) is 1.29. The summed E-state index contributed by atoms with van der Waals surface area (Å²) in [7, 11) is 0. The highest BCUT2D eigenvalue weighted by atomic mass is 79.9. The molecule has 0 aliphatic carbocycles. The summed E-state index contributed by atoms with van der Waals surface area (Å²) < 4.78 is 0. The largest absolute Gasteiger partial charge is 0.118 e. The van der Waals surface area contributed by atoms with E-state index in [2.05, 4.69) is 23.2 Å². The van der Waals surface area contributed by atoms with Crippen molar-refractivity contribution in [3.63, 3.8) is 0 Å². The fraction of sp³-hybridized carbons (Fsp3) is 1.00. The maximum absolute atomic E-state index is 2.83. The summed E-state index contributed by atoms with van der Waals surface area (Å²) in [5.74, 6) is 0. The summed E-state index contributed by atoms with van der Waals surface area (Å²) in [6, 6.07) is 0. The lowest BCUT2D eigenvalue weighted by molar-refractivity contribution is 0.526. The van der Waals surface area contributed by atoms with E-state index in [-0.39, 0.29) is 34.0 Å². The van der Waals surface area contributed by atoms with Crippen molar-refractivity contribution in [1.82, 2.24) is 0 Å². The average Bonchev–Trinajstić information content (AvgIpc) is 2.50. The summed E-state index contributed by atoms with van der Waals surface area (Å²) in [4.78, 5) is 0. The zero-order valence-electron chi connectivity index (χ0n) is 15.8. The minimum Gasteiger partial charge on any atom is -0.118 e. The van der Waals surface area contributed by atoms with Gasteiger partial charge in [0.1, 0.15) is 16.3 Å².